The zero-order chi connectivity index (χ0) is 16.1. The Morgan fingerprint density at radius 2 is 1.08 bits per heavy atom. The van der Waals surface area contributed by atoms with Crippen molar-refractivity contribution >= 4 is 11.9 Å². The van der Waals surface area contributed by atoms with Crippen LogP contribution in [0, 0.1) is 0 Å². The number of carbonyl (C=O) groups excluding carboxylic acids is 2. The molecule has 0 aromatic carbocycles. The number of allylic oxidation sites excluding steroid dienone is 3. The van der Waals surface area contributed by atoms with E-state index < -0.39 is 0 Å². The lowest BCUT2D eigenvalue weighted by molar-refractivity contribution is -0.146. The van der Waals surface area contributed by atoms with Crippen molar-refractivity contribution in [3.8, 4) is 0 Å². The molecule has 0 saturated carbocycles. The summed E-state index contributed by atoms with van der Waals surface area (Å²) in [5.74, 6) is -0.114. The quantitative estimate of drug-likeness (QED) is 0.641. The summed E-state index contributed by atoms with van der Waals surface area (Å²) >= 11 is 0. The molecule has 0 aromatic heterocycles. The molecule has 4 nitrogen and oxygen atoms in total. The third-order valence-electron chi connectivity index (χ3n) is 7.07. The molecule has 0 aromatic rings. The summed E-state index contributed by atoms with van der Waals surface area (Å²) in [6.07, 6.45) is 8.76. The van der Waals surface area contributed by atoms with E-state index in [1.165, 1.54) is 33.4 Å². The van der Waals surface area contributed by atoms with Crippen LogP contribution in [-0.2, 0) is 19.1 Å². The van der Waals surface area contributed by atoms with E-state index >= 15 is 0 Å². The van der Waals surface area contributed by atoms with Crippen LogP contribution in [0.5, 0.6) is 0 Å². The Labute approximate surface area is 140 Å². The third kappa shape index (κ3) is 1.42. The Bertz CT molecular complexity index is 761. The van der Waals surface area contributed by atoms with E-state index in [1.807, 2.05) is 0 Å². The number of rotatable bonds is 0. The van der Waals surface area contributed by atoms with Crippen molar-refractivity contribution < 1.29 is 19.1 Å². The van der Waals surface area contributed by atoms with Gasteiger partial charge in [-0.15, -0.1) is 0 Å². The molecule has 6 aliphatic rings. The van der Waals surface area contributed by atoms with Crippen molar-refractivity contribution in [2.45, 2.75) is 75.4 Å². The van der Waals surface area contributed by atoms with E-state index in [4.69, 9.17) is 9.47 Å². The number of ether oxygens (including phenoxy) is 2. The molecule has 2 heterocycles. The second-order valence-corrected chi connectivity index (χ2v) is 8.23. The molecule has 2 saturated heterocycles. The summed E-state index contributed by atoms with van der Waals surface area (Å²) in [5, 5.41) is 0. The number of hydrogen-bond acceptors (Lipinski definition) is 4. The lowest BCUT2D eigenvalue weighted by Gasteiger charge is -2.32. The van der Waals surface area contributed by atoms with E-state index in [0.717, 1.165) is 51.4 Å². The summed E-state index contributed by atoms with van der Waals surface area (Å²) in [7, 11) is 0. The molecule has 0 bridgehead atoms. The summed E-state index contributed by atoms with van der Waals surface area (Å²) in [6, 6.07) is 0. The molecule has 0 N–H and O–H groups in total. The van der Waals surface area contributed by atoms with E-state index in [1.54, 1.807) is 0 Å². The van der Waals surface area contributed by atoms with Crippen LogP contribution in [0.3, 0.4) is 0 Å². The Balaban J connectivity index is 1.48. The Morgan fingerprint density at radius 3 is 1.50 bits per heavy atom. The second kappa shape index (κ2) is 4.04. The number of carbonyl (C=O) groups is 2. The molecule has 2 spiro atoms. The van der Waals surface area contributed by atoms with Crippen molar-refractivity contribution in [2.75, 3.05) is 0 Å². The highest BCUT2D eigenvalue weighted by Gasteiger charge is 2.58. The Morgan fingerprint density at radius 1 is 0.625 bits per heavy atom. The molecule has 2 aliphatic heterocycles. The molecule has 0 amide bonds. The highest BCUT2D eigenvalue weighted by atomic mass is 16.6. The molecular weight excluding hydrogens is 304 g/mol. The molecule has 2 fully saturated rings. The van der Waals surface area contributed by atoms with Gasteiger partial charge in [-0.3, -0.25) is 9.59 Å². The van der Waals surface area contributed by atoms with Gasteiger partial charge in [0.25, 0.3) is 0 Å². The fraction of sp³-hybridized carbons (Fsp3) is 0.600. The van der Waals surface area contributed by atoms with E-state index in [2.05, 4.69) is 0 Å². The fourth-order valence-electron chi connectivity index (χ4n) is 6.20. The van der Waals surface area contributed by atoms with Crippen LogP contribution in [0.25, 0.3) is 0 Å². The van der Waals surface area contributed by atoms with Crippen LogP contribution < -0.4 is 0 Å². The SMILES string of the molecule is O=C1CC[C@]2(CCC3=C2C2=C(C3)CC3=C2[C@]2(CCC(=O)O2)CC3)O1. The Kier molecular flexibility index (Phi) is 2.26. The van der Waals surface area contributed by atoms with Crippen molar-refractivity contribution in [1.29, 1.82) is 0 Å². The average Bonchev–Trinajstić information content (AvgIpc) is 3.30. The molecule has 24 heavy (non-hydrogen) atoms. The monoisotopic (exact) mass is 324 g/mol. The van der Waals surface area contributed by atoms with Gasteiger partial charge in [-0.1, -0.05) is 16.7 Å². The van der Waals surface area contributed by atoms with Gasteiger partial charge in [0, 0.05) is 36.8 Å². The summed E-state index contributed by atoms with van der Waals surface area (Å²) in [6.45, 7) is 0. The van der Waals surface area contributed by atoms with Gasteiger partial charge in [0.2, 0.25) is 0 Å². The highest BCUT2D eigenvalue weighted by Crippen LogP contribution is 2.64. The predicted molar refractivity (Wildman–Crippen MR) is 84.9 cm³/mol. The summed E-state index contributed by atoms with van der Waals surface area (Å²) in [5.41, 5.74) is 7.68. The largest absolute Gasteiger partial charge is 0.454 e. The van der Waals surface area contributed by atoms with Crippen LogP contribution in [-0.4, -0.2) is 23.1 Å². The maximum atomic E-state index is 11.9. The predicted octanol–water partition coefficient (Wildman–Crippen LogP) is 3.42. The average molecular weight is 324 g/mol. The fourth-order valence-corrected chi connectivity index (χ4v) is 6.20. The van der Waals surface area contributed by atoms with Crippen LogP contribution >= 0.6 is 0 Å². The van der Waals surface area contributed by atoms with Crippen LogP contribution in [0.15, 0.2) is 33.4 Å². The van der Waals surface area contributed by atoms with Gasteiger partial charge in [-0.25, -0.2) is 0 Å². The molecule has 4 heteroatoms. The van der Waals surface area contributed by atoms with E-state index in [9.17, 15) is 9.59 Å². The van der Waals surface area contributed by atoms with Crippen molar-refractivity contribution in [3.63, 3.8) is 0 Å². The first-order valence-corrected chi connectivity index (χ1v) is 9.22. The minimum Gasteiger partial charge on any atom is -0.454 e. The highest BCUT2D eigenvalue weighted by molar-refractivity contribution is 5.80. The smallest absolute Gasteiger partial charge is 0.306 e. The first kappa shape index (κ1) is 13.5. The lowest BCUT2D eigenvalue weighted by Crippen LogP contribution is -2.33. The molecule has 2 atom stereocenters. The second-order valence-electron chi connectivity index (χ2n) is 8.23. The van der Waals surface area contributed by atoms with Gasteiger partial charge < -0.3 is 9.47 Å². The minimum absolute atomic E-state index is 0.0570. The van der Waals surface area contributed by atoms with Gasteiger partial charge in [-0.05, 0) is 44.1 Å². The van der Waals surface area contributed by atoms with Gasteiger partial charge in [0.05, 0.1) is 0 Å². The zero-order valence-electron chi connectivity index (χ0n) is 13.7. The van der Waals surface area contributed by atoms with Crippen molar-refractivity contribution in [3.05, 3.63) is 33.4 Å². The molecule has 0 radical (unpaired) electrons. The zero-order valence-corrected chi connectivity index (χ0v) is 13.7. The van der Waals surface area contributed by atoms with Gasteiger partial charge in [-0.2, -0.15) is 0 Å². The molecule has 0 unspecified atom stereocenters. The Hall–Kier alpha value is -1.84. The number of fused-ring (bicyclic) bond motifs is 4. The third-order valence-corrected chi connectivity index (χ3v) is 7.07. The van der Waals surface area contributed by atoms with Gasteiger partial charge in [0.15, 0.2) is 0 Å². The van der Waals surface area contributed by atoms with Crippen LogP contribution in [0.4, 0.5) is 0 Å². The molecule has 6 rings (SSSR count). The topological polar surface area (TPSA) is 52.6 Å². The minimum atomic E-state index is -0.377. The number of hydrogen-bond donors (Lipinski definition) is 0. The van der Waals surface area contributed by atoms with Crippen molar-refractivity contribution in [1.82, 2.24) is 0 Å². The van der Waals surface area contributed by atoms with Crippen LogP contribution in [0.2, 0.25) is 0 Å². The van der Waals surface area contributed by atoms with E-state index in [0.29, 0.717) is 12.8 Å². The van der Waals surface area contributed by atoms with Gasteiger partial charge in [0.1, 0.15) is 11.2 Å². The summed E-state index contributed by atoms with van der Waals surface area (Å²) in [4.78, 5) is 23.7. The first-order valence-electron chi connectivity index (χ1n) is 9.22. The van der Waals surface area contributed by atoms with E-state index in [-0.39, 0.29) is 23.1 Å². The maximum Gasteiger partial charge on any atom is 0.306 e. The van der Waals surface area contributed by atoms with Crippen molar-refractivity contribution in [2.24, 2.45) is 0 Å². The van der Waals surface area contributed by atoms with Gasteiger partial charge >= 0.3 is 11.9 Å². The molecule has 4 aliphatic carbocycles. The number of esters is 2. The molecule has 124 valence electrons. The first-order chi connectivity index (χ1) is 11.6. The normalized spacial score (nSPS) is 39.5. The standard InChI is InChI=1S/C20H20O4/c21-14-3-7-19(23-14)5-1-11-9-13-10-12-2-6-20(8-4-15(22)24-20)18(12)16(13)17(11)19/h1-10H2/t19-,20+. The summed E-state index contributed by atoms with van der Waals surface area (Å²) < 4.78 is 11.8. The van der Waals surface area contributed by atoms with Crippen LogP contribution in [0.1, 0.15) is 64.2 Å². The lowest BCUT2D eigenvalue weighted by atomic mass is 9.80. The maximum absolute atomic E-state index is 11.9. The molecular formula is C20H20O4.